The van der Waals surface area contributed by atoms with E-state index < -0.39 is 0 Å². The highest BCUT2D eigenvalue weighted by molar-refractivity contribution is 5.58. The van der Waals surface area contributed by atoms with Crippen LogP contribution < -0.4 is 11.1 Å². The molecule has 0 saturated heterocycles. The summed E-state index contributed by atoms with van der Waals surface area (Å²) in [5.41, 5.74) is 8.96. The third-order valence-electron chi connectivity index (χ3n) is 2.64. The van der Waals surface area contributed by atoms with Crippen LogP contribution in [0.3, 0.4) is 0 Å². The van der Waals surface area contributed by atoms with E-state index in [4.69, 9.17) is 5.73 Å². The molecule has 90 valence electrons. The summed E-state index contributed by atoms with van der Waals surface area (Å²) in [6.07, 6.45) is 2.41. The molecule has 0 amide bonds. The summed E-state index contributed by atoms with van der Waals surface area (Å²) < 4.78 is 0. The Bertz CT molecular complexity index is 321. The van der Waals surface area contributed by atoms with Gasteiger partial charge >= 0.3 is 0 Å². The quantitative estimate of drug-likeness (QED) is 0.572. The normalized spacial score (nSPS) is 10.8. The first-order chi connectivity index (χ1) is 7.59. The molecule has 0 saturated carbocycles. The number of rotatable bonds is 6. The second-order valence-electron chi connectivity index (χ2n) is 4.51. The lowest BCUT2D eigenvalue weighted by Crippen LogP contribution is -2.14. The average Bonchev–Trinajstić information content (AvgIpc) is 2.22. The second-order valence-corrected chi connectivity index (χ2v) is 4.51. The van der Waals surface area contributed by atoms with Crippen molar-refractivity contribution in [1.82, 2.24) is 4.90 Å². The summed E-state index contributed by atoms with van der Waals surface area (Å²) in [6, 6.07) is 6.14. The molecule has 0 fully saturated rings. The third kappa shape index (κ3) is 4.53. The molecule has 0 radical (unpaired) electrons. The number of anilines is 2. The number of unbranched alkanes of at least 4 members (excludes halogenated alkanes) is 1. The van der Waals surface area contributed by atoms with Crippen LogP contribution in [0.15, 0.2) is 18.2 Å². The summed E-state index contributed by atoms with van der Waals surface area (Å²) in [6.45, 7) is 4.18. The lowest BCUT2D eigenvalue weighted by Gasteiger charge is -2.10. The van der Waals surface area contributed by atoms with E-state index in [-0.39, 0.29) is 0 Å². The van der Waals surface area contributed by atoms with Gasteiger partial charge in [0.05, 0.1) is 0 Å². The molecule has 0 aliphatic heterocycles. The van der Waals surface area contributed by atoms with E-state index >= 15 is 0 Å². The smallest absolute Gasteiger partial charge is 0.0364 e. The molecule has 0 aliphatic rings. The van der Waals surface area contributed by atoms with Crippen LogP contribution in [0.25, 0.3) is 0 Å². The van der Waals surface area contributed by atoms with Crippen molar-refractivity contribution < 1.29 is 0 Å². The lowest BCUT2D eigenvalue weighted by molar-refractivity contribution is 0.396. The molecular formula is C13H23N3. The number of benzene rings is 1. The van der Waals surface area contributed by atoms with Gasteiger partial charge in [0.2, 0.25) is 0 Å². The molecule has 1 aromatic rings. The Labute approximate surface area is 98.6 Å². The predicted molar refractivity (Wildman–Crippen MR) is 71.9 cm³/mol. The lowest BCUT2D eigenvalue weighted by atomic mass is 10.2. The Kier molecular flexibility index (Phi) is 5.12. The number of hydrogen-bond donors (Lipinski definition) is 2. The van der Waals surface area contributed by atoms with E-state index in [1.807, 2.05) is 13.0 Å². The van der Waals surface area contributed by atoms with Crippen LogP contribution in [-0.4, -0.2) is 32.1 Å². The van der Waals surface area contributed by atoms with Crippen molar-refractivity contribution in [3.63, 3.8) is 0 Å². The first kappa shape index (κ1) is 12.8. The van der Waals surface area contributed by atoms with Gasteiger partial charge in [-0.1, -0.05) is 6.07 Å². The van der Waals surface area contributed by atoms with Crippen LogP contribution in [0.5, 0.6) is 0 Å². The van der Waals surface area contributed by atoms with E-state index in [1.54, 1.807) is 0 Å². The Morgan fingerprint density at radius 2 is 2.00 bits per heavy atom. The SMILES string of the molecule is Cc1ccc(NCCCCN(C)C)cc1N. The van der Waals surface area contributed by atoms with Crippen LogP contribution >= 0.6 is 0 Å². The summed E-state index contributed by atoms with van der Waals surface area (Å²) in [5.74, 6) is 0. The van der Waals surface area contributed by atoms with E-state index in [0.29, 0.717) is 0 Å². The minimum Gasteiger partial charge on any atom is -0.398 e. The minimum atomic E-state index is 0.860. The maximum atomic E-state index is 5.84. The van der Waals surface area contributed by atoms with Crippen molar-refractivity contribution in [3.8, 4) is 0 Å². The maximum absolute atomic E-state index is 5.84. The molecule has 0 aliphatic carbocycles. The number of nitrogens with two attached hydrogens (primary N) is 1. The predicted octanol–water partition coefficient (Wildman–Crippen LogP) is 2.33. The fourth-order valence-electron chi connectivity index (χ4n) is 1.54. The molecule has 0 heterocycles. The average molecular weight is 221 g/mol. The highest BCUT2D eigenvalue weighted by Gasteiger charge is 1.96. The maximum Gasteiger partial charge on any atom is 0.0364 e. The van der Waals surface area contributed by atoms with Crippen molar-refractivity contribution in [1.29, 1.82) is 0 Å². The topological polar surface area (TPSA) is 41.3 Å². The van der Waals surface area contributed by atoms with Crippen molar-refractivity contribution in [2.45, 2.75) is 19.8 Å². The van der Waals surface area contributed by atoms with E-state index in [2.05, 4.69) is 36.4 Å². The van der Waals surface area contributed by atoms with Crippen LogP contribution in [0, 0.1) is 6.92 Å². The Hall–Kier alpha value is -1.22. The molecule has 0 bridgehead atoms. The Morgan fingerprint density at radius 3 is 2.62 bits per heavy atom. The fraction of sp³-hybridized carbons (Fsp3) is 0.538. The van der Waals surface area contributed by atoms with Gasteiger partial charge in [0.15, 0.2) is 0 Å². The highest BCUT2D eigenvalue weighted by Crippen LogP contribution is 2.16. The van der Waals surface area contributed by atoms with Crippen LogP contribution in [-0.2, 0) is 0 Å². The van der Waals surface area contributed by atoms with Gasteiger partial charge < -0.3 is 16.0 Å². The van der Waals surface area contributed by atoms with Gasteiger partial charge in [-0.2, -0.15) is 0 Å². The number of nitrogens with one attached hydrogen (secondary N) is 1. The van der Waals surface area contributed by atoms with Gasteiger partial charge in [0, 0.05) is 17.9 Å². The molecule has 1 aromatic carbocycles. The van der Waals surface area contributed by atoms with E-state index in [1.165, 1.54) is 12.8 Å². The molecule has 0 unspecified atom stereocenters. The zero-order chi connectivity index (χ0) is 12.0. The molecule has 3 N–H and O–H groups in total. The van der Waals surface area contributed by atoms with Crippen molar-refractivity contribution in [3.05, 3.63) is 23.8 Å². The van der Waals surface area contributed by atoms with Gasteiger partial charge in [0.25, 0.3) is 0 Å². The molecule has 0 aromatic heterocycles. The van der Waals surface area contributed by atoms with Gasteiger partial charge in [-0.3, -0.25) is 0 Å². The Balaban J connectivity index is 2.24. The molecule has 0 spiro atoms. The second kappa shape index (κ2) is 6.38. The zero-order valence-corrected chi connectivity index (χ0v) is 10.6. The molecular weight excluding hydrogens is 198 g/mol. The zero-order valence-electron chi connectivity index (χ0n) is 10.6. The van der Waals surface area contributed by atoms with Gasteiger partial charge in [0.1, 0.15) is 0 Å². The van der Waals surface area contributed by atoms with Crippen LogP contribution in [0.2, 0.25) is 0 Å². The first-order valence-electron chi connectivity index (χ1n) is 5.84. The van der Waals surface area contributed by atoms with Gasteiger partial charge in [-0.15, -0.1) is 0 Å². The van der Waals surface area contributed by atoms with Gasteiger partial charge in [-0.05, 0) is 58.1 Å². The number of nitrogen functional groups attached to an aromatic ring is 1. The monoisotopic (exact) mass is 221 g/mol. The summed E-state index contributed by atoms with van der Waals surface area (Å²) in [4.78, 5) is 2.21. The largest absolute Gasteiger partial charge is 0.398 e. The summed E-state index contributed by atoms with van der Waals surface area (Å²) in [7, 11) is 4.21. The summed E-state index contributed by atoms with van der Waals surface area (Å²) in [5, 5.41) is 3.39. The van der Waals surface area contributed by atoms with Crippen LogP contribution in [0.1, 0.15) is 18.4 Å². The molecule has 0 atom stereocenters. The molecule has 16 heavy (non-hydrogen) atoms. The van der Waals surface area contributed by atoms with E-state index in [9.17, 15) is 0 Å². The van der Waals surface area contributed by atoms with Gasteiger partial charge in [-0.25, -0.2) is 0 Å². The Morgan fingerprint density at radius 1 is 1.25 bits per heavy atom. The summed E-state index contributed by atoms with van der Waals surface area (Å²) >= 11 is 0. The third-order valence-corrected chi connectivity index (χ3v) is 2.64. The number of nitrogens with zero attached hydrogens (tertiary/aromatic N) is 1. The highest BCUT2D eigenvalue weighted by atomic mass is 15.0. The number of aryl methyl sites for hydroxylation is 1. The minimum absolute atomic E-state index is 0.860. The van der Waals surface area contributed by atoms with E-state index in [0.717, 1.165) is 30.0 Å². The fourth-order valence-corrected chi connectivity index (χ4v) is 1.54. The molecule has 1 rings (SSSR count). The molecule has 3 nitrogen and oxygen atoms in total. The number of hydrogen-bond acceptors (Lipinski definition) is 3. The van der Waals surface area contributed by atoms with Crippen molar-refractivity contribution in [2.75, 3.05) is 38.2 Å². The first-order valence-corrected chi connectivity index (χ1v) is 5.84. The van der Waals surface area contributed by atoms with Crippen molar-refractivity contribution >= 4 is 11.4 Å². The van der Waals surface area contributed by atoms with Crippen molar-refractivity contribution in [2.24, 2.45) is 0 Å². The molecule has 3 heteroatoms. The van der Waals surface area contributed by atoms with Crippen LogP contribution in [0.4, 0.5) is 11.4 Å². The standard InChI is InChI=1S/C13H23N3/c1-11-6-7-12(10-13(11)14)15-8-4-5-9-16(2)3/h6-7,10,15H,4-5,8-9,14H2,1-3H3.